The lowest BCUT2D eigenvalue weighted by Gasteiger charge is -2.11. The number of hydrogen-bond donors (Lipinski definition) is 1. The van der Waals surface area contributed by atoms with Crippen molar-refractivity contribution in [3.63, 3.8) is 0 Å². The summed E-state index contributed by atoms with van der Waals surface area (Å²) in [6, 6.07) is 8.68. The van der Waals surface area contributed by atoms with Crippen molar-refractivity contribution in [3.05, 3.63) is 56.4 Å². The maximum atomic E-state index is 13.7. The summed E-state index contributed by atoms with van der Waals surface area (Å²) >= 11 is 7.74. The van der Waals surface area contributed by atoms with Crippen molar-refractivity contribution < 1.29 is 12.8 Å². The first-order chi connectivity index (χ1) is 9.29. The highest BCUT2D eigenvalue weighted by Gasteiger charge is 2.20. The van der Waals surface area contributed by atoms with Crippen LogP contribution in [0.25, 0.3) is 0 Å². The lowest BCUT2D eigenvalue weighted by atomic mass is 10.2. The molecule has 2 aromatic rings. The lowest BCUT2D eigenvalue weighted by molar-refractivity contribution is 0.570. The predicted octanol–water partition coefficient (Wildman–Crippen LogP) is 4.19. The molecule has 0 aliphatic carbocycles. The number of benzene rings is 2. The Kier molecular flexibility index (Phi) is 4.55. The molecule has 3 nitrogen and oxygen atoms in total. The Hall–Kier alpha value is -0.860. The summed E-state index contributed by atoms with van der Waals surface area (Å²) in [4.78, 5) is -0.431. The molecule has 0 saturated carbocycles. The van der Waals surface area contributed by atoms with Crippen LogP contribution in [0.5, 0.6) is 0 Å². The van der Waals surface area contributed by atoms with Gasteiger partial charge in [0.25, 0.3) is 10.0 Å². The van der Waals surface area contributed by atoms with Crippen LogP contribution in [-0.4, -0.2) is 8.42 Å². The third-order valence-electron chi connectivity index (χ3n) is 2.62. The number of aryl methyl sites for hydroxylation is 1. The first-order valence-corrected chi connectivity index (χ1v) is 8.47. The molecule has 0 spiro atoms. The van der Waals surface area contributed by atoms with E-state index in [1.54, 1.807) is 19.1 Å². The molecule has 20 heavy (non-hydrogen) atoms. The maximum Gasteiger partial charge on any atom is 0.264 e. The van der Waals surface area contributed by atoms with Crippen LogP contribution in [0.1, 0.15) is 5.56 Å². The number of anilines is 1. The monoisotopic (exact) mass is 425 g/mol. The summed E-state index contributed by atoms with van der Waals surface area (Å²) in [5.41, 5.74) is 1.18. The largest absolute Gasteiger partial charge is 0.279 e. The van der Waals surface area contributed by atoms with Crippen molar-refractivity contribution in [2.75, 3.05) is 4.72 Å². The van der Waals surface area contributed by atoms with Crippen LogP contribution in [0.15, 0.2) is 41.3 Å². The zero-order chi connectivity index (χ0) is 14.9. The molecule has 0 aliphatic heterocycles. The van der Waals surface area contributed by atoms with E-state index in [9.17, 15) is 12.8 Å². The highest BCUT2D eigenvalue weighted by atomic mass is 127. The summed E-state index contributed by atoms with van der Waals surface area (Å²) < 4.78 is 41.4. The molecule has 0 fully saturated rings. The zero-order valence-corrected chi connectivity index (χ0v) is 14.1. The number of rotatable bonds is 3. The van der Waals surface area contributed by atoms with Crippen molar-refractivity contribution in [3.8, 4) is 0 Å². The molecule has 0 amide bonds. The van der Waals surface area contributed by atoms with E-state index in [0.717, 1.165) is 21.3 Å². The number of sulfonamides is 1. The van der Waals surface area contributed by atoms with Gasteiger partial charge in [0.15, 0.2) is 0 Å². The minimum atomic E-state index is -3.98. The van der Waals surface area contributed by atoms with Crippen LogP contribution in [0.4, 0.5) is 10.1 Å². The molecule has 7 heteroatoms. The Balaban J connectivity index is 2.41. The van der Waals surface area contributed by atoms with Gasteiger partial charge < -0.3 is 0 Å². The number of halogens is 3. The molecule has 0 bridgehead atoms. The molecule has 0 atom stereocenters. The second-order valence-corrected chi connectivity index (χ2v) is 7.47. The summed E-state index contributed by atoms with van der Waals surface area (Å²) in [6.45, 7) is 1.78. The van der Waals surface area contributed by atoms with Crippen molar-refractivity contribution in [2.24, 2.45) is 0 Å². The van der Waals surface area contributed by atoms with Gasteiger partial charge in [0, 0.05) is 8.59 Å². The highest BCUT2D eigenvalue weighted by Crippen LogP contribution is 2.24. The van der Waals surface area contributed by atoms with Gasteiger partial charge in [-0.05, 0) is 71.5 Å². The van der Waals surface area contributed by atoms with Gasteiger partial charge in [-0.3, -0.25) is 4.72 Å². The molecule has 2 rings (SSSR count). The fourth-order valence-electron chi connectivity index (χ4n) is 1.63. The summed E-state index contributed by atoms with van der Waals surface area (Å²) in [7, 11) is -3.98. The minimum absolute atomic E-state index is 0.145. The van der Waals surface area contributed by atoms with Gasteiger partial charge in [0.05, 0.1) is 5.69 Å². The van der Waals surface area contributed by atoms with E-state index >= 15 is 0 Å². The lowest BCUT2D eigenvalue weighted by Crippen LogP contribution is -2.15. The molecule has 0 aliphatic rings. The average Bonchev–Trinajstić information content (AvgIpc) is 2.32. The fourth-order valence-corrected chi connectivity index (χ4v) is 3.63. The molecule has 106 valence electrons. The smallest absolute Gasteiger partial charge is 0.264 e. The van der Waals surface area contributed by atoms with E-state index in [1.807, 2.05) is 6.07 Å². The van der Waals surface area contributed by atoms with Crippen LogP contribution >= 0.6 is 34.2 Å². The van der Waals surface area contributed by atoms with Gasteiger partial charge in [-0.1, -0.05) is 11.6 Å². The molecule has 0 saturated heterocycles. The van der Waals surface area contributed by atoms with Gasteiger partial charge in [0.2, 0.25) is 0 Å². The topological polar surface area (TPSA) is 46.2 Å². The molecular formula is C13H10ClFINO2S. The molecular weight excluding hydrogens is 416 g/mol. The third-order valence-corrected chi connectivity index (χ3v) is 4.92. The van der Waals surface area contributed by atoms with Crippen LogP contribution in [0.3, 0.4) is 0 Å². The second-order valence-electron chi connectivity index (χ2n) is 4.14. The van der Waals surface area contributed by atoms with Crippen molar-refractivity contribution in [2.45, 2.75) is 11.8 Å². The van der Waals surface area contributed by atoms with Crippen molar-refractivity contribution in [1.82, 2.24) is 0 Å². The van der Waals surface area contributed by atoms with Crippen LogP contribution < -0.4 is 4.72 Å². The van der Waals surface area contributed by atoms with Crippen LogP contribution in [-0.2, 0) is 10.0 Å². The van der Waals surface area contributed by atoms with E-state index in [-0.39, 0.29) is 5.02 Å². The second kappa shape index (κ2) is 5.87. The third kappa shape index (κ3) is 3.42. The fraction of sp³-hybridized carbons (Fsp3) is 0.0769. The van der Waals surface area contributed by atoms with Crippen molar-refractivity contribution in [1.29, 1.82) is 0 Å². The van der Waals surface area contributed by atoms with Crippen LogP contribution in [0.2, 0.25) is 5.02 Å². The van der Waals surface area contributed by atoms with Gasteiger partial charge in [-0.25, -0.2) is 12.8 Å². The minimum Gasteiger partial charge on any atom is -0.279 e. The summed E-state index contributed by atoms with van der Waals surface area (Å²) in [5, 5.41) is 0.145. The van der Waals surface area contributed by atoms with Gasteiger partial charge in [-0.15, -0.1) is 0 Å². The van der Waals surface area contributed by atoms with E-state index < -0.39 is 20.7 Å². The molecule has 1 N–H and O–H groups in total. The Morgan fingerprint density at radius 1 is 1.20 bits per heavy atom. The van der Waals surface area contributed by atoms with Crippen molar-refractivity contribution >= 4 is 49.9 Å². The zero-order valence-electron chi connectivity index (χ0n) is 10.3. The summed E-state index contributed by atoms with van der Waals surface area (Å²) in [6.07, 6.45) is 0. The molecule has 0 unspecified atom stereocenters. The Labute approximate surface area is 135 Å². The average molecular weight is 426 g/mol. The first kappa shape index (κ1) is 15.5. The van der Waals surface area contributed by atoms with E-state index in [1.165, 1.54) is 6.07 Å². The standard InChI is InChI=1S/C13H10ClFINO2S/c1-8-6-10(16)3-4-12(8)17-20(18,19)13-5-2-9(14)7-11(13)15/h2-7,17H,1H3. The summed E-state index contributed by atoms with van der Waals surface area (Å²) in [5.74, 6) is -0.881. The van der Waals surface area contributed by atoms with Gasteiger partial charge in [0.1, 0.15) is 10.7 Å². The van der Waals surface area contributed by atoms with E-state index in [0.29, 0.717) is 5.69 Å². The number of nitrogens with one attached hydrogen (secondary N) is 1. The molecule has 0 radical (unpaired) electrons. The molecule has 0 heterocycles. The Morgan fingerprint density at radius 3 is 2.50 bits per heavy atom. The first-order valence-electron chi connectivity index (χ1n) is 5.53. The maximum absolute atomic E-state index is 13.7. The normalized spacial score (nSPS) is 11.4. The Bertz CT molecular complexity index is 765. The number of hydrogen-bond acceptors (Lipinski definition) is 2. The van der Waals surface area contributed by atoms with Gasteiger partial charge in [-0.2, -0.15) is 0 Å². The van der Waals surface area contributed by atoms with E-state index in [2.05, 4.69) is 27.3 Å². The highest BCUT2D eigenvalue weighted by molar-refractivity contribution is 14.1. The predicted molar refractivity (Wildman–Crippen MR) is 86.1 cm³/mol. The SMILES string of the molecule is Cc1cc(I)ccc1NS(=O)(=O)c1ccc(Cl)cc1F. The Morgan fingerprint density at radius 2 is 1.90 bits per heavy atom. The van der Waals surface area contributed by atoms with Crippen LogP contribution in [0, 0.1) is 16.3 Å². The quantitative estimate of drug-likeness (QED) is 0.750. The van der Waals surface area contributed by atoms with E-state index in [4.69, 9.17) is 11.6 Å². The molecule has 0 aromatic heterocycles. The molecule has 2 aromatic carbocycles. The van der Waals surface area contributed by atoms with Gasteiger partial charge >= 0.3 is 0 Å².